The number of hydrogen-bond donors (Lipinski definition) is 2. The van der Waals surface area contributed by atoms with E-state index in [1.807, 2.05) is 5.32 Å². The minimum absolute atomic E-state index is 0.0131. The summed E-state index contributed by atoms with van der Waals surface area (Å²) >= 11 is 21.8. The first-order valence-corrected chi connectivity index (χ1v) is 10.7. The third-order valence-electron chi connectivity index (χ3n) is 4.14. The molecule has 0 saturated heterocycles. The third kappa shape index (κ3) is 5.32. The van der Waals surface area contributed by atoms with E-state index in [-0.39, 0.29) is 21.5 Å². The van der Waals surface area contributed by atoms with Gasteiger partial charge in [0.15, 0.2) is 0 Å². The van der Waals surface area contributed by atoms with Crippen molar-refractivity contribution in [2.75, 3.05) is 5.32 Å². The first-order valence-electron chi connectivity index (χ1n) is 8.76. The van der Waals surface area contributed by atoms with Gasteiger partial charge < -0.3 is 10.1 Å². The molecule has 0 radical (unpaired) electrons. The standard InChI is InChI=1S/C21H12BrCl3F2N2O3/c1-9-7-15(32-14-6-5-10(23)8-11(14)22)17(24)18(25)19(9)28-21(31)29-20(30)16-12(26)3-2-4-13(16)27/h2-8H,1H3,(H2,28,29,30,31). The summed E-state index contributed by atoms with van der Waals surface area (Å²) < 4.78 is 33.8. The second-order valence-corrected chi connectivity index (χ2v) is 8.42. The number of ether oxygens (including phenoxy) is 1. The van der Waals surface area contributed by atoms with Gasteiger partial charge in [-0.25, -0.2) is 13.6 Å². The Morgan fingerprint density at radius 2 is 1.62 bits per heavy atom. The fourth-order valence-electron chi connectivity index (χ4n) is 2.65. The van der Waals surface area contributed by atoms with Gasteiger partial charge in [0.2, 0.25) is 0 Å². The summed E-state index contributed by atoms with van der Waals surface area (Å²) in [7, 11) is 0. The van der Waals surface area contributed by atoms with E-state index in [9.17, 15) is 18.4 Å². The van der Waals surface area contributed by atoms with Crippen molar-refractivity contribution in [1.29, 1.82) is 0 Å². The molecule has 0 saturated carbocycles. The molecule has 0 aliphatic rings. The van der Waals surface area contributed by atoms with Crippen LogP contribution < -0.4 is 15.4 Å². The molecule has 3 aromatic rings. The van der Waals surface area contributed by atoms with E-state index in [0.29, 0.717) is 20.8 Å². The Bertz CT molecular complexity index is 1220. The molecule has 0 spiro atoms. The number of carbonyl (C=O) groups excluding carboxylic acids is 2. The van der Waals surface area contributed by atoms with Crippen LogP contribution in [-0.2, 0) is 0 Å². The minimum atomic E-state index is -1.26. The zero-order valence-corrected chi connectivity index (χ0v) is 19.9. The maximum Gasteiger partial charge on any atom is 0.326 e. The van der Waals surface area contributed by atoms with Gasteiger partial charge in [-0.05, 0) is 64.8 Å². The lowest BCUT2D eigenvalue weighted by Crippen LogP contribution is -2.35. The predicted molar refractivity (Wildman–Crippen MR) is 123 cm³/mol. The van der Waals surface area contributed by atoms with Gasteiger partial charge in [-0.15, -0.1) is 0 Å². The lowest BCUT2D eigenvalue weighted by atomic mass is 10.1. The van der Waals surface area contributed by atoms with Crippen molar-refractivity contribution in [3.05, 3.63) is 84.8 Å². The molecular weight excluding hydrogens is 553 g/mol. The molecule has 3 rings (SSSR count). The van der Waals surface area contributed by atoms with Crippen LogP contribution in [0.3, 0.4) is 0 Å². The number of carbonyl (C=O) groups is 2. The molecule has 3 aromatic carbocycles. The highest BCUT2D eigenvalue weighted by atomic mass is 79.9. The molecule has 0 aliphatic heterocycles. The summed E-state index contributed by atoms with van der Waals surface area (Å²) in [5.74, 6) is -2.86. The van der Waals surface area contributed by atoms with Crippen LogP contribution in [0.2, 0.25) is 15.1 Å². The van der Waals surface area contributed by atoms with E-state index < -0.39 is 29.1 Å². The Kier molecular flexibility index (Phi) is 7.61. The van der Waals surface area contributed by atoms with E-state index in [2.05, 4.69) is 21.2 Å². The zero-order chi connectivity index (χ0) is 23.6. The molecule has 0 aliphatic carbocycles. The Hall–Kier alpha value is -2.39. The van der Waals surface area contributed by atoms with Crippen LogP contribution in [0.4, 0.5) is 19.3 Å². The average molecular weight is 565 g/mol. The van der Waals surface area contributed by atoms with Crippen molar-refractivity contribution >= 4 is 68.4 Å². The number of imide groups is 1. The molecule has 0 fully saturated rings. The van der Waals surface area contributed by atoms with Crippen molar-refractivity contribution in [2.24, 2.45) is 0 Å². The average Bonchev–Trinajstić information content (AvgIpc) is 2.71. The van der Waals surface area contributed by atoms with Gasteiger partial charge in [-0.2, -0.15) is 0 Å². The van der Waals surface area contributed by atoms with E-state index in [0.717, 1.165) is 18.2 Å². The zero-order valence-electron chi connectivity index (χ0n) is 16.0. The van der Waals surface area contributed by atoms with Crippen LogP contribution in [0, 0.1) is 18.6 Å². The molecule has 0 atom stereocenters. The van der Waals surface area contributed by atoms with E-state index in [1.165, 1.54) is 6.07 Å². The molecule has 0 aromatic heterocycles. The maximum absolute atomic E-state index is 13.7. The maximum atomic E-state index is 13.7. The summed E-state index contributed by atoms with van der Waals surface area (Å²) in [5.41, 5.74) is -0.363. The Morgan fingerprint density at radius 1 is 0.969 bits per heavy atom. The number of urea groups is 1. The summed E-state index contributed by atoms with van der Waals surface area (Å²) in [6.45, 7) is 1.61. The molecule has 166 valence electrons. The molecular formula is C21H12BrCl3F2N2O3. The van der Waals surface area contributed by atoms with E-state index >= 15 is 0 Å². The van der Waals surface area contributed by atoms with Crippen molar-refractivity contribution in [2.45, 2.75) is 6.92 Å². The van der Waals surface area contributed by atoms with Crippen LogP contribution >= 0.6 is 50.7 Å². The quantitative estimate of drug-likeness (QED) is 0.341. The van der Waals surface area contributed by atoms with Gasteiger partial charge in [-0.3, -0.25) is 10.1 Å². The molecule has 5 nitrogen and oxygen atoms in total. The molecule has 0 bridgehead atoms. The predicted octanol–water partition coefficient (Wildman–Crippen LogP) is 7.75. The van der Waals surface area contributed by atoms with Crippen molar-refractivity contribution < 1.29 is 23.1 Å². The van der Waals surface area contributed by atoms with Crippen molar-refractivity contribution in [3.63, 3.8) is 0 Å². The normalized spacial score (nSPS) is 10.6. The minimum Gasteiger partial charge on any atom is -0.455 e. The van der Waals surface area contributed by atoms with Crippen LogP contribution in [0.5, 0.6) is 11.5 Å². The fourth-order valence-corrected chi connectivity index (χ4v) is 3.89. The summed E-state index contributed by atoms with van der Waals surface area (Å²) in [6, 6.07) is 8.23. The topological polar surface area (TPSA) is 67.4 Å². The molecule has 2 N–H and O–H groups in total. The number of benzene rings is 3. The van der Waals surface area contributed by atoms with Crippen LogP contribution in [0.15, 0.2) is 46.9 Å². The number of nitrogens with one attached hydrogen (secondary N) is 2. The van der Waals surface area contributed by atoms with Gasteiger partial charge in [-0.1, -0.05) is 40.9 Å². The first-order chi connectivity index (χ1) is 15.1. The molecule has 3 amide bonds. The SMILES string of the molecule is Cc1cc(Oc2ccc(Cl)cc2Br)c(Cl)c(Cl)c1NC(=O)NC(=O)c1c(F)cccc1F. The monoisotopic (exact) mass is 562 g/mol. The third-order valence-corrected chi connectivity index (χ3v) is 5.84. The molecule has 0 heterocycles. The number of anilines is 1. The van der Waals surface area contributed by atoms with Gasteiger partial charge in [0.05, 0.1) is 15.2 Å². The van der Waals surface area contributed by atoms with Crippen LogP contribution in [-0.4, -0.2) is 11.9 Å². The number of aryl methyl sites for hydroxylation is 1. The highest BCUT2D eigenvalue weighted by Gasteiger charge is 2.22. The summed E-state index contributed by atoms with van der Waals surface area (Å²) in [4.78, 5) is 24.3. The molecule has 32 heavy (non-hydrogen) atoms. The van der Waals surface area contributed by atoms with Crippen molar-refractivity contribution in [1.82, 2.24) is 5.32 Å². The second-order valence-electron chi connectivity index (χ2n) is 6.38. The Labute approximate surface area is 204 Å². The summed E-state index contributed by atoms with van der Waals surface area (Å²) in [6.07, 6.45) is 0. The van der Waals surface area contributed by atoms with Crippen LogP contribution in [0.1, 0.15) is 15.9 Å². The van der Waals surface area contributed by atoms with Gasteiger partial charge in [0.1, 0.15) is 33.7 Å². The Morgan fingerprint density at radius 3 is 2.25 bits per heavy atom. The highest BCUT2D eigenvalue weighted by Crippen LogP contribution is 2.43. The van der Waals surface area contributed by atoms with Gasteiger partial charge in [0, 0.05) is 5.02 Å². The fraction of sp³-hybridized carbons (Fsp3) is 0.0476. The molecule has 11 heteroatoms. The van der Waals surface area contributed by atoms with E-state index in [1.54, 1.807) is 25.1 Å². The number of amides is 3. The Balaban J connectivity index is 1.81. The lowest BCUT2D eigenvalue weighted by molar-refractivity contribution is 0.0959. The molecule has 0 unspecified atom stereocenters. The number of rotatable bonds is 4. The number of hydrogen-bond acceptors (Lipinski definition) is 3. The van der Waals surface area contributed by atoms with Gasteiger partial charge >= 0.3 is 6.03 Å². The second kappa shape index (κ2) is 10.0. The smallest absolute Gasteiger partial charge is 0.326 e. The number of halogens is 6. The highest BCUT2D eigenvalue weighted by molar-refractivity contribution is 9.10. The van der Waals surface area contributed by atoms with Gasteiger partial charge in [0.25, 0.3) is 5.91 Å². The largest absolute Gasteiger partial charge is 0.455 e. The van der Waals surface area contributed by atoms with Crippen LogP contribution in [0.25, 0.3) is 0 Å². The van der Waals surface area contributed by atoms with E-state index in [4.69, 9.17) is 39.5 Å². The van der Waals surface area contributed by atoms with Crippen molar-refractivity contribution in [3.8, 4) is 11.5 Å². The summed E-state index contributed by atoms with van der Waals surface area (Å²) in [5, 5.41) is 4.62. The lowest BCUT2D eigenvalue weighted by Gasteiger charge is -2.16. The first kappa shape index (κ1) is 24.3.